The largest absolute Gasteiger partial charge is 0.351 e. The highest BCUT2D eigenvalue weighted by atomic mass is 15.2. The van der Waals surface area contributed by atoms with E-state index in [1.54, 1.807) is 18.3 Å². The number of anilines is 1. The van der Waals surface area contributed by atoms with Gasteiger partial charge in [0.15, 0.2) is 0 Å². The maximum Gasteiger partial charge on any atom is 0.146 e. The Labute approximate surface area is 83.3 Å². The van der Waals surface area contributed by atoms with Crippen molar-refractivity contribution in [2.75, 3.05) is 18.0 Å². The summed E-state index contributed by atoms with van der Waals surface area (Å²) < 4.78 is 0. The molecule has 1 aliphatic rings. The molecule has 0 saturated carbocycles. The first-order valence-electron chi connectivity index (χ1n) is 4.67. The molecular weight excluding hydrogens is 174 g/mol. The monoisotopic (exact) mass is 185 g/mol. The molecule has 0 radical (unpaired) electrons. The summed E-state index contributed by atoms with van der Waals surface area (Å²) in [5.74, 6) is 0.805. The SMILES string of the molecule is N#Cc1cccnc1N1CC=CCC1. The number of hydrogen-bond donors (Lipinski definition) is 0. The molecule has 3 heteroatoms. The number of nitrogens with zero attached hydrogens (tertiary/aromatic N) is 3. The Bertz CT molecular complexity index is 390. The lowest BCUT2D eigenvalue weighted by Gasteiger charge is -2.24. The Morgan fingerprint density at radius 2 is 2.36 bits per heavy atom. The second-order valence-corrected chi connectivity index (χ2v) is 3.19. The van der Waals surface area contributed by atoms with Gasteiger partial charge in [-0.2, -0.15) is 5.26 Å². The molecule has 1 aromatic heterocycles. The first-order valence-corrected chi connectivity index (χ1v) is 4.67. The van der Waals surface area contributed by atoms with Gasteiger partial charge in [-0.1, -0.05) is 12.2 Å². The van der Waals surface area contributed by atoms with Crippen LogP contribution in [0.4, 0.5) is 5.82 Å². The summed E-state index contributed by atoms with van der Waals surface area (Å²) in [7, 11) is 0. The molecule has 0 aliphatic carbocycles. The molecule has 0 saturated heterocycles. The summed E-state index contributed by atoms with van der Waals surface area (Å²) >= 11 is 0. The van der Waals surface area contributed by atoms with Crippen LogP contribution >= 0.6 is 0 Å². The topological polar surface area (TPSA) is 39.9 Å². The Balaban J connectivity index is 2.31. The molecule has 0 N–H and O–H groups in total. The third-order valence-corrected chi connectivity index (χ3v) is 2.26. The second-order valence-electron chi connectivity index (χ2n) is 3.19. The fraction of sp³-hybridized carbons (Fsp3) is 0.273. The smallest absolute Gasteiger partial charge is 0.146 e. The van der Waals surface area contributed by atoms with E-state index >= 15 is 0 Å². The lowest BCUT2D eigenvalue weighted by Crippen LogP contribution is -2.28. The van der Waals surface area contributed by atoms with Crippen molar-refractivity contribution in [1.82, 2.24) is 4.98 Å². The zero-order valence-electron chi connectivity index (χ0n) is 7.85. The molecule has 0 atom stereocenters. The van der Waals surface area contributed by atoms with E-state index in [1.165, 1.54) is 0 Å². The molecule has 2 rings (SSSR count). The number of rotatable bonds is 1. The van der Waals surface area contributed by atoms with Crippen LogP contribution in [0.25, 0.3) is 0 Å². The number of nitriles is 1. The summed E-state index contributed by atoms with van der Waals surface area (Å²) in [6.45, 7) is 1.80. The van der Waals surface area contributed by atoms with Crippen LogP contribution in [0.2, 0.25) is 0 Å². The normalized spacial score (nSPS) is 15.2. The molecule has 14 heavy (non-hydrogen) atoms. The molecule has 0 unspecified atom stereocenters. The zero-order chi connectivity index (χ0) is 9.80. The van der Waals surface area contributed by atoms with Crippen LogP contribution in [0.5, 0.6) is 0 Å². The van der Waals surface area contributed by atoms with Crippen LogP contribution in [0, 0.1) is 11.3 Å². The van der Waals surface area contributed by atoms with Gasteiger partial charge in [0.05, 0.1) is 5.56 Å². The van der Waals surface area contributed by atoms with Gasteiger partial charge in [-0.15, -0.1) is 0 Å². The van der Waals surface area contributed by atoms with Crippen LogP contribution < -0.4 is 4.90 Å². The van der Waals surface area contributed by atoms with E-state index in [9.17, 15) is 0 Å². The average molecular weight is 185 g/mol. The van der Waals surface area contributed by atoms with E-state index in [1.807, 2.05) is 0 Å². The first-order chi connectivity index (χ1) is 6.92. The Morgan fingerprint density at radius 1 is 1.43 bits per heavy atom. The Morgan fingerprint density at radius 3 is 3.07 bits per heavy atom. The molecule has 3 nitrogen and oxygen atoms in total. The van der Waals surface area contributed by atoms with Crippen LogP contribution in [0.3, 0.4) is 0 Å². The lowest BCUT2D eigenvalue weighted by atomic mass is 10.2. The molecule has 0 bridgehead atoms. The molecule has 0 amide bonds. The van der Waals surface area contributed by atoms with Crippen LogP contribution in [0.1, 0.15) is 12.0 Å². The van der Waals surface area contributed by atoms with Gasteiger partial charge in [0, 0.05) is 19.3 Å². The van der Waals surface area contributed by atoms with Gasteiger partial charge in [0.25, 0.3) is 0 Å². The molecular formula is C11H11N3. The van der Waals surface area contributed by atoms with E-state index in [-0.39, 0.29) is 0 Å². The summed E-state index contributed by atoms with van der Waals surface area (Å²) in [6, 6.07) is 5.76. The zero-order valence-corrected chi connectivity index (χ0v) is 7.85. The quantitative estimate of drug-likeness (QED) is 0.625. The molecule has 0 fully saturated rings. The van der Waals surface area contributed by atoms with Gasteiger partial charge in [0.1, 0.15) is 11.9 Å². The van der Waals surface area contributed by atoms with E-state index < -0.39 is 0 Å². The summed E-state index contributed by atoms with van der Waals surface area (Å²) in [4.78, 5) is 6.37. The van der Waals surface area contributed by atoms with Crippen molar-refractivity contribution in [3.05, 3.63) is 36.0 Å². The van der Waals surface area contributed by atoms with Crippen molar-refractivity contribution in [2.45, 2.75) is 6.42 Å². The minimum absolute atomic E-state index is 0.655. The predicted octanol–water partition coefficient (Wildman–Crippen LogP) is 1.72. The van der Waals surface area contributed by atoms with Gasteiger partial charge in [0.2, 0.25) is 0 Å². The highest BCUT2D eigenvalue weighted by molar-refractivity contribution is 5.54. The highest BCUT2D eigenvalue weighted by Crippen LogP contribution is 2.17. The highest BCUT2D eigenvalue weighted by Gasteiger charge is 2.12. The van der Waals surface area contributed by atoms with Crippen LogP contribution in [-0.4, -0.2) is 18.1 Å². The first kappa shape index (κ1) is 8.76. The van der Waals surface area contributed by atoms with E-state index in [0.29, 0.717) is 5.56 Å². The number of pyridine rings is 1. The standard InChI is InChI=1S/C11H11N3/c12-9-10-5-4-6-13-11(10)14-7-2-1-3-8-14/h1-2,4-6H,3,7-8H2. The van der Waals surface area contributed by atoms with Crippen molar-refractivity contribution in [3.8, 4) is 6.07 Å². The van der Waals surface area contributed by atoms with Crippen molar-refractivity contribution in [3.63, 3.8) is 0 Å². The summed E-state index contributed by atoms with van der Waals surface area (Å²) in [5, 5.41) is 8.91. The van der Waals surface area contributed by atoms with Gasteiger partial charge >= 0.3 is 0 Å². The van der Waals surface area contributed by atoms with Gasteiger partial charge in [-0.3, -0.25) is 0 Å². The lowest BCUT2D eigenvalue weighted by molar-refractivity contribution is 0.804. The molecule has 2 heterocycles. The predicted molar refractivity (Wildman–Crippen MR) is 54.9 cm³/mol. The van der Waals surface area contributed by atoms with Crippen LogP contribution in [-0.2, 0) is 0 Å². The van der Waals surface area contributed by atoms with Crippen molar-refractivity contribution >= 4 is 5.82 Å². The summed E-state index contributed by atoms with van der Waals surface area (Å²) in [5.41, 5.74) is 0.655. The van der Waals surface area contributed by atoms with E-state index in [4.69, 9.17) is 5.26 Å². The molecule has 0 aromatic carbocycles. The van der Waals surface area contributed by atoms with Gasteiger partial charge in [-0.05, 0) is 18.6 Å². The molecule has 70 valence electrons. The average Bonchev–Trinajstić information content (AvgIpc) is 2.30. The van der Waals surface area contributed by atoms with Crippen molar-refractivity contribution in [1.29, 1.82) is 5.26 Å². The molecule has 1 aliphatic heterocycles. The second kappa shape index (κ2) is 3.93. The Kier molecular flexibility index (Phi) is 2.46. The van der Waals surface area contributed by atoms with Crippen molar-refractivity contribution in [2.24, 2.45) is 0 Å². The molecule has 0 spiro atoms. The van der Waals surface area contributed by atoms with Gasteiger partial charge < -0.3 is 4.90 Å². The fourth-order valence-electron chi connectivity index (χ4n) is 1.57. The van der Waals surface area contributed by atoms with E-state index in [0.717, 1.165) is 25.3 Å². The van der Waals surface area contributed by atoms with Crippen LogP contribution in [0.15, 0.2) is 30.5 Å². The fourth-order valence-corrected chi connectivity index (χ4v) is 1.57. The summed E-state index contributed by atoms with van der Waals surface area (Å²) in [6.07, 6.45) is 7.03. The third-order valence-electron chi connectivity index (χ3n) is 2.26. The van der Waals surface area contributed by atoms with E-state index in [2.05, 4.69) is 28.1 Å². The molecule has 1 aromatic rings. The number of aromatic nitrogens is 1. The third kappa shape index (κ3) is 1.60. The van der Waals surface area contributed by atoms with Gasteiger partial charge in [-0.25, -0.2) is 4.98 Å². The maximum absolute atomic E-state index is 8.91. The maximum atomic E-state index is 8.91. The van der Waals surface area contributed by atoms with Crippen molar-refractivity contribution < 1.29 is 0 Å². The minimum atomic E-state index is 0.655. The number of hydrogen-bond acceptors (Lipinski definition) is 3. The minimum Gasteiger partial charge on any atom is -0.351 e. The Hall–Kier alpha value is -1.82.